The van der Waals surface area contributed by atoms with Gasteiger partial charge < -0.3 is 10.2 Å². The third-order valence-electron chi connectivity index (χ3n) is 3.17. The average molecular weight is 289 g/mol. The Labute approximate surface area is 110 Å². The summed E-state index contributed by atoms with van der Waals surface area (Å²) in [4.78, 5) is 10.9. The van der Waals surface area contributed by atoms with E-state index in [4.69, 9.17) is 10.2 Å². The minimum absolute atomic E-state index is 0.0826. The van der Waals surface area contributed by atoms with Crippen LogP contribution in [0.15, 0.2) is 11.2 Å². The molecule has 2 rings (SSSR count). The zero-order valence-corrected chi connectivity index (χ0v) is 10.9. The number of rotatable bonds is 4. The van der Waals surface area contributed by atoms with Crippen molar-refractivity contribution in [3.8, 4) is 0 Å². The first kappa shape index (κ1) is 14.0. The maximum Gasteiger partial charge on any atom is 0.340 e. The molecule has 1 aromatic rings. The fourth-order valence-corrected chi connectivity index (χ4v) is 3.77. The van der Waals surface area contributed by atoms with Crippen molar-refractivity contribution in [3.05, 3.63) is 11.8 Å². The van der Waals surface area contributed by atoms with Gasteiger partial charge in [-0.05, 0) is 18.8 Å². The van der Waals surface area contributed by atoms with E-state index >= 15 is 0 Å². The Bertz CT molecular complexity index is 567. The molecule has 0 amide bonds. The van der Waals surface area contributed by atoms with Gasteiger partial charge in [-0.3, -0.25) is 5.10 Å². The smallest absolute Gasteiger partial charge is 0.340 e. The third kappa shape index (κ3) is 2.62. The standard InChI is InChI=1S/C10H15N3O5S/c14-6-7-2-1-3-13(5-7)19(17,18)9-8(10(15)16)4-11-12-9/h4,7,14H,1-3,5-6H2,(H,11,12)(H,15,16). The number of sulfonamides is 1. The first-order chi connectivity index (χ1) is 8.96. The Kier molecular flexibility index (Phi) is 3.88. The van der Waals surface area contributed by atoms with Crippen molar-refractivity contribution >= 4 is 16.0 Å². The fourth-order valence-electron chi connectivity index (χ4n) is 2.15. The second-order valence-corrected chi connectivity index (χ2v) is 6.35. The largest absolute Gasteiger partial charge is 0.478 e. The van der Waals surface area contributed by atoms with E-state index in [0.29, 0.717) is 13.0 Å². The number of carbonyl (C=O) groups is 1. The minimum Gasteiger partial charge on any atom is -0.478 e. The van der Waals surface area contributed by atoms with Crippen LogP contribution in [0.2, 0.25) is 0 Å². The van der Waals surface area contributed by atoms with E-state index in [1.807, 2.05) is 0 Å². The summed E-state index contributed by atoms with van der Waals surface area (Å²) in [6, 6.07) is 0. The Morgan fingerprint density at radius 3 is 2.95 bits per heavy atom. The van der Waals surface area contributed by atoms with Gasteiger partial charge in [-0.25, -0.2) is 13.2 Å². The van der Waals surface area contributed by atoms with Gasteiger partial charge in [0, 0.05) is 19.7 Å². The van der Waals surface area contributed by atoms with Crippen LogP contribution < -0.4 is 0 Å². The molecule has 9 heteroatoms. The van der Waals surface area contributed by atoms with Gasteiger partial charge in [-0.15, -0.1) is 0 Å². The van der Waals surface area contributed by atoms with Gasteiger partial charge in [0.15, 0.2) is 5.03 Å². The first-order valence-corrected chi connectivity index (χ1v) is 7.28. The Balaban J connectivity index is 2.31. The number of carboxylic acids is 1. The van der Waals surface area contributed by atoms with Crippen molar-refractivity contribution in [2.24, 2.45) is 5.92 Å². The SMILES string of the molecule is O=C(O)c1cn[nH]c1S(=O)(=O)N1CCCC(CO)C1. The Morgan fingerprint density at radius 2 is 2.32 bits per heavy atom. The molecule has 0 bridgehead atoms. The lowest BCUT2D eigenvalue weighted by molar-refractivity contribution is 0.0692. The number of aromatic amines is 1. The van der Waals surface area contributed by atoms with Gasteiger partial charge >= 0.3 is 5.97 Å². The fraction of sp³-hybridized carbons (Fsp3) is 0.600. The highest BCUT2D eigenvalue weighted by atomic mass is 32.2. The van der Waals surface area contributed by atoms with Gasteiger partial charge in [0.05, 0.1) is 6.20 Å². The molecule has 1 fully saturated rings. The topological polar surface area (TPSA) is 124 Å². The van der Waals surface area contributed by atoms with Crippen molar-refractivity contribution in [1.82, 2.24) is 14.5 Å². The number of hydrogen-bond acceptors (Lipinski definition) is 5. The number of piperidine rings is 1. The number of nitrogens with zero attached hydrogens (tertiary/aromatic N) is 2. The van der Waals surface area contributed by atoms with Gasteiger partial charge in [0.25, 0.3) is 10.0 Å². The molecule has 0 saturated carbocycles. The molecule has 0 aromatic carbocycles. The van der Waals surface area contributed by atoms with Crippen molar-refractivity contribution in [2.45, 2.75) is 17.9 Å². The van der Waals surface area contributed by atoms with Crippen LogP contribution in [0.5, 0.6) is 0 Å². The van der Waals surface area contributed by atoms with Gasteiger partial charge in [-0.2, -0.15) is 9.40 Å². The number of aliphatic hydroxyl groups excluding tert-OH is 1. The van der Waals surface area contributed by atoms with Crippen LogP contribution in [-0.4, -0.2) is 58.8 Å². The molecule has 1 saturated heterocycles. The predicted molar refractivity (Wildman–Crippen MR) is 64.1 cm³/mol. The molecular weight excluding hydrogens is 274 g/mol. The van der Waals surface area contributed by atoms with Crippen molar-refractivity contribution in [1.29, 1.82) is 0 Å². The van der Waals surface area contributed by atoms with E-state index in [9.17, 15) is 13.2 Å². The summed E-state index contributed by atoms with van der Waals surface area (Å²) in [7, 11) is -3.91. The number of aliphatic hydroxyl groups is 1. The summed E-state index contributed by atoms with van der Waals surface area (Å²) in [6.45, 7) is 0.425. The minimum atomic E-state index is -3.91. The average Bonchev–Trinajstić information content (AvgIpc) is 2.89. The van der Waals surface area contributed by atoms with Crippen LogP contribution in [0.25, 0.3) is 0 Å². The lowest BCUT2D eigenvalue weighted by Crippen LogP contribution is -2.41. The maximum absolute atomic E-state index is 12.3. The lowest BCUT2D eigenvalue weighted by atomic mass is 10.0. The molecule has 1 aromatic heterocycles. The van der Waals surface area contributed by atoms with Gasteiger partial charge in [0.1, 0.15) is 5.56 Å². The lowest BCUT2D eigenvalue weighted by Gasteiger charge is -2.30. The molecule has 1 atom stereocenters. The van der Waals surface area contributed by atoms with Crippen molar-refractivity contribution in [3.63, 3.8) is 0 Å². The summed E-state index contributed by atoms with van der Waals surface area (Å²) in [5.41, 5.74) is -0.369. The van der Waals surface area contributed by atoms with Gasteiger partial charge in [-0.1, -0.05) is 0 Å². The number of H-pyrrole nitrogens is 1. The number of hydrogen-bond donors (Lipinski definition) is 3. The van der Waals surface area contributed by atoms with E-state index < -0.39 is 21.0 Å². The van der Waals surface area contributed by atoms with E-state index in [0.717, 1.165) is 12.6 Å². The van der Waals surface area contributed by atoms with Crippen molar-refractivity contribution < 1.29 is 23.4 Å². The first-order valence-electron chi connectivity index (χ1n) is 5.84. The normalized spacial score (nSPS) is 21.4. The molecule has 1 unspecified atom stereocenters. The Morgan fingerprint density at radius 1 is 1.58 bits per heavy atom. The Hall–Kier alpha value is -1.45. The highest BCUT2D eigenvalue weighted by molar-refractivity contribution is 7.89. The van der Waals surface area contributed by atoms with Crippen LogP contribution >= 0.6 is 0 Å². The molecular formula is C10H15N3O5S. The second-order valence-electron chi connectivity index (χ2n) is 4.47. The second kappa shape index (κ2) is 5.27. The molecule has 0 aliphatic carbocycles. The van der Waals surface area contributed by atoms with E-state index in [1.54, 1.807) is 0 Å². The van der Waals surface area contributed by atoms with Crippen LogP contribution in [0.1, 0.15) is 23.2 Å². The number of aromatic carboxylic acids is 1. The molecule has 8 nitrogen and oxygen atoms in total. The molecule has 1 aliphatic rings. The number of aromatic nitrogens is 2. The molecule has 19 heavy (non-hydrogen) atoms. The molecule has 106 valence electrons. The molecule has 1 aliphatic heterocycles. The van der Waals surface area contributed by atoms with E-state index in [1.165, 1.54) is 4.31 Å². The zero-order chi connectivity index (χ0) is 14.0. The summed E-state index contributed by atoms with van der Waals surface area (Å²) in [5.74, 6) is -1.46. The number of carboxylic acid groups (broad SMARTS) is 1. The summed E-state index contributed by atoms with van der Waals surface area (Å²) < 4.78 is 25.9. The summed E-state index contributed by atoms with van der Waals surface area (Å²) >= 11 is 0. The highest BCUT2D eigenvalue weighted by Crippen LogP contribution is 2.24. The molecule has 2 heterocycles. The van der Waals surface area contributed by atoms with E-state index in [-0.39, 0.29) is 24.6 Å². The van der Waals surface area contributed by atoms with Crippen LogP contribution in [-0.2, 0) is 10.0 Å². The quantitative estimate of drug-likeness (QED) is 0.686. The zero-order valence-electron chi connectivity index (χ0n) is 10.1. The van der Waals surface area contributed by atoms with Crippen molar-refractivity contribution in [2.75, 3.05) is 19.7 Å². The van der Waals surface area contributed by atoms with Crippen LogP contribution in [0.4, 0.5) is 0 Å². The maximum atomic E-state index is 12.3. The van der Waals surface area contributed by atoms with Gasteiger partial charge in [0.2, 0.25) is 0 Å². The third-order valence-corrected chi connectivity index (χ3v) is 5.01. The number of nitrogens with one attached hydrogen (secondary N) is 1. The molecule has 0 spiro atoms. The van der Waals surface area contributed by atoms with Crippen LogP contribution in [0, 0.1) is 5.92 Å². The molecule has 0 radical (unpaired) electrons. The highest BCUT2D eigenvalue weighted by Gasteiger charge is 2.34. The predicted octanol–water partition coefficient (Wildman–Crippen LogP) is -0.499. The van der Waals surface area contributed by atoms with Crippen LogP contribution in [0.3, 0.4) is 0 Å². The van der Waals surface area contributed by atoms with E-state index in [2.05, 4.69) is 10.2 Å². The summed E-state index contributed by atoms with van der Waals surface area (Å²) in [6.07, 6.45) is 2.38. The monoisotopic (exact) mass is 289 g/mol. The molecule has 3 N–H and O–H groups in total. The summed E-state index contributed by atoms with van der Waals surface area (Å²) in [5, 5.41) is 23.4.